The van der Waals surface area contributed by atoms with E-state index >= 15 is 0 Å². The molecule has 1 heterocycles. The van der Waals surface area contributed by atoms with Crippen molar-refractivity contribution in [3.05, 3.63) is 59.7 Å². The summed E-state index contributed by atoms with van der Waals surface area (Å²) in [4.78, 5) is 76.1. The topological polar surface area (TPSA) is 194 Å². The van der Waals surface area contributed by atoms with Gasteiger partial charge in [-0.25, -0.2) is 9.59 Å². The number of carboxylic acids is 3. The first kappa shape index (κ1) is 33.6. The number of para-hydroxylation sites is 1. The van der Waals surface area contributed by atoms with Crippen LogP contribution in [0.25, 0.3) is 0 Å². The first-order chi connectivity index (χ1) is 21.0. The van der Waals surface area contributed by atoms with E-state index in [1.165, 1.54) is 37.6 Å². The quantitative estimate of drug-likeness (QED) is 0.198. The lowest BCUT2D eigenvalue weighted by molar-refractivity contribution is -0.149. The van der Waals surface area contributed by atoms with Gasteiger partial charge in [-0.05, 0) is 61.9 Å². The second-order valence-electron chi connectivity index (χ2n) is 10.6. The van der Waals surface area contributed by atoms with Crippen LogP contribution in [-0.2, 0) is 30.4 Å². The first-order valence-corrected chi connectivity index (χ1v) is 14.5. The van der Waals surface area contributed by atoms with Gasteiger partial charge in [0.15, 0.2) is 0 Å². The number of hydrogen-bond acceptors (Lipinski definition) is 7. The number of anilines is 2. The summed E-state index contributed by atoms with van der Waals surface area (Å²) in [7, 11) is 0. The van der Waals surface area contributed by atoms with Crippen LogP contribution in [0.4, 0.5) is 11.4 Å². The number of benzene rings is 2. The van der Waals surface area contributed by atoms with E-state index in [0.29, 0.717) is 0 Å². The van der Waals surface area contributed by atoms with Crippen molar-refractivity contribution >= 4 is 47.0 Å². The van der Waals surface area contributed by atoms with Crippen LogP contribution < -0.4 is 20.4 Å². The maximum absolute atomic E-state index is 13.3. The summed E-state index contributed by atoms with van der Waals surface area (Å²) in [6, 6.07) is 11.0. The molecule has 2 atom stereocenters. The van der Waals surface area contributed by atoms with Gasteiger partial charge in [-0.3, -0.25) is 24.1 Å². The zero-order valence-corrected chi connectivity index (χ0v) is 24.5. The number of amides is 3. The number of aromatic carboxylic acids is 1. The number of nitrogens with zero attached hydrogens (tertiary/aromatic N) is 2. The molecule has 1 aliphatic rings. The molecule has 236 valence electrons. The number of piperidine rings is 1. The van der Waals surface area contributed by atoms with Gasteiger partial charge in [0.25, 0.3) is 0 Å². The molecular weight excluding hydrogens is 572 g/mol. The second-order valence-corrected chi connectivity index (χ2v) is 10.6. The Morgan fingerprint density at radius 1 is 0.909 bits per heavy atom. The molecule has 1 fully saturated rings. The molecule has 5 N–H and O–H groups in total. The standard InChI is InChI=1S/C31H38N4O9/c1-20(36)33-25(19-21-8-7-9-23(18-21)34-16-5-2-6-17-34)28(39)32-15-14-22(12-13-27(37)38)35(29(40)31(43)44)26-11-4-3-10-24(26)30(41)42/h3-4,7-11,18,22,25H,2,5-6,12-17,19H2,1H3,(H,32,39)(H,33,36)(H,37,38)(H,41,42)(H,43,44)/t22?,25-/m0/s1. The van der Waals surface area contributed by atoms with Crippen molar-refractivity contribution < 1.29 is 44.1 Å². The maximum Gasteiger partial charge on any atom is 0.394 e. The minimum Gasteiger partial charge on any atom is -0.481 e. The molecule has 0 aliphatic carbocycles. The maximum atomic E-state index is 13.3. The van der Waals surface area contributed by atoms with Crippen molar-refractivity contribution in [2.75, 3.05) is 29.4 Å². The molecule has 2 aromatic carbocycles. The third-order valence-electron chi connectivity index (χ3n) is 7.39. The summed E-state index contributed by atoms with van der Waals surface area (Å²) in [6.07, 6.45) is 2.84. The lowest BCUT2D eigenvalue weighted by atomic mass is 10.0. The first-order valence-electron chi connectivity index (χ1n) is 14.5. The molecule has 0 aromatic heterocycles. The average molecular weight is 611 g/mol. The van der Waals surface area contributed by atoms with Gasteiger partial charge in [-0.2, -0.15) is 0 Å². The van der Waals surface area contributed by atoms with Crippen LogP contribution in [0.15, 0.2) is 48.5 Å². The summed E-state index contributed by atoms with van der Waals surface area (Å²) < 4.78 is 0. The molecule has 13 nitrogen and oxygen atoms in total. The normalized spacial score (nSPS) is 14.2. The van der Waals surface area contributed by atoms with Crippen LogP contribution in [-0.4, -0.2) is 82.7 Å². The summed E-state index contributed by atoms with van der Waals surface area (Å²) in [5, 5.41) is 33.8. The molecular formula is C31H38N4O9. The Kier molecular flexibility index (Phi) is 12.2. The number of rotatable bonds is 14. The minimum absolute atomic E-state index is 0.0940. The third-order valence-corrected chi connectivity index (χ3v) is 7.39. The van der Waals surface area contributed by atoms with E-state index in [1.54, 1.807) is 0 Å². The molecule has 1 unspecified atom stereocenters. The number of nitrogens with one attached hydrogen (secondary N) is 2. The van der Waals surface area contributed by atoms with Gasteiger partial charge in [0.05, 0.1) is 11.3 Å². The van der Waals surface area contributed by atoms with E-state index < -0.39 is 54.1 Å². The van der Waals surface area contributed by atoms with Gasteiger partial charge < -0.3 is 30.9 Å². The smallest absolute Gasteiger partial charge is 0.394 e. The molecule has 0 radical (unpaired) electrons. The monoisotopic (exact) mass is 610 g/mol. The van der Waals surface area contributed by atoms with E-state index in [0.717, 1.165) is 42.1 Å². The van der Waals surface area contributed by atoms with Crippen molar-refractivity contribution in [2.45, 2.75) is 64.0 Å². The van der Waals surface area contributed by atoms with E-state index in [1.807, 2.05) is 24.3 Å². The summed E-state index contributed by atoms with van der Waals surface area (Å²) in [5.41, 5.74) is 1.32. The second kappa shape index (κ2) is 16.1. The van der Waals surface area contributed by atoms with Gasteiger partial charge in [-0.15, -0.1) is 0 Å². The molecule has 0 saturated carbocycles. The number of hydrogen-bond donors (Lipinski definition) is 5. The Labute approximate surface area is 254 Å². The minimum atomic E-state index is -1.85. The fraction of sp³-hybridized carbons (Fsp3) is 0.419. The largest absolute Gasteiger partial charge is 0.481 e. The number of carbonyl (C=O) groups excluding carboxylic acids is 3. The summed E-state index contributed by atoms with van der Waals surface area (Å²) >= 11 is 0. The van der Waals surface area contributed by atoms with Crippen LogP contribution in [0.2, 0.25) is 0 Å². The number of carboxylic acid groups (broad SMARTS) is 3. The van der Waals surface area contributed by atoms with Crippen molar-refractivity contribution in [2.24, 2.45) is 0 Å². The van der Waals surface area contributed by atoms with Gasteiger partial charge in [0.1, 0.15) is 6.04 Å². The van der Waals surface area contributed by atoms with Gasteiger partial charge in [-0.1, -0.05) is 24.3 Å². The summed E-state index contributed by atoms with van der Waals surface area (Å²) in [5.74, 6) is -6.85. The van der Waals surface area contributed by atoms with Crippen LogP contribution in [0.3, 0.4) is 0 Å². The van der Waals surface area contributed by atoms with Gasteiger partial charge in [0.2, 0.25) is 11.8 Å². The number of carbonyl (C=O) groups is 6. The Morgan fingerprint density at radius 3 is 2.25 bits per heavy atom. The zero-order valence-electron chi connectivity index (χ0n) is 24.5. The van der Waals surface area contributed by atoms with E-state index in [9.17, 15) is 44.1 Å². The highest BCUT2D eigenvalue weighted by Gasteiger charge is 2.33. The van der Waals surface area contributed by atoms with Gasteiger partial charge >= 0.3 is 23.8 Å². The average Bonchev–Trinajstić information content (AvgIpc) is 2.99. The highest BCUT2D eigenvalue weighted by molar-refractivity contribution is 6.37. The Hall–Kier alpha value is -4.94. The number of aliphatic carboxylic acids is 2. The van der Waals surface area contributed by atoms with Crippen LogP contribution in [0.5, 0.6) is 0 Å². The molecule has 3 amide bonds. The lowest BCUT2D eigenvalue weighted by Gasteiger charge is -2.31. The van der Waals surface area contributed by atoms with E-state index in [4.69, 9.17) is 0 Å². The highest BCUT2D eigenvalue weighted by atomic mass is 16.4. The fourth-order valence-electron chi connectivity index (χ4n) is 5.34. The Balaban J connectivity index is 1.79. The predicted molar refractivity (Wildman–Crippen MR) is 161 cm³/mol. The Morgan fingerprint density at radius 2 is 1.61 bits per heavy atom. The van der Waals surface area contributed by atoms with Crippen molar-refractivity contribution in [1.29, 1.82) is 0 Å². The molecule has 3 rings (SSSR count). The van der Waals surface area contributed by atoms with Crippen molar-refractivity contribution in [1.82, 2.24) is 10.6 Å². The molecule has 0 spiro atoms. The predicted octanol–water partition coefficient (Wildman–Crippen LogP) is 2.28. The molecule has 0 bridgehead atoms. The van der Waals surface area contributed by atoms with Crippen LogP contribution in [0.1, 0.15) is 61.4 Å². The lowest BCUT2D eigenvalue weighted by Crippen LogP contribution is -2.49. The van der Waals surface area contributed by atoms with Gasteiger partial charge in [0, 0.05) is 51.1 Å². The molecule has 1 saturated heterocycles. The molecule has 2 aromatic rings. The molecule has 44 heavy (non-hydrogen) atoms. The molecule has 1 aliphatic heterocycles. The van der Waals surface area contributed by atoms with Crippen molar-refractivity contribution in [3.63, 3.8) is 0 Å². The van der Waals surface area contributed by atoms with E-state index in [2.05, 4.69) is 15.5 Å². The SMILES string of the molecule is CC(=O)N[C@@H](Cc1cccc(N2CCCCC2)c1)C(=O)NCCC(CCC(=O)O)N(C(=O)C(=O)O)c1ccccc1C(=O)O. The summed E-state index contributed by atoms with van der Waals surface area (Å²) in [6.45, 7) is 3.06. The van der Waals surface area contributed by atoms with Crippen LogP contribution >= 0.6 is 0 Å². The van der Waals surface area contributed by atoms with E-state index in [-0.39, 0.29) is 37.1 Å². The Bertz CT molecular complexity index is 1370. The highest BCUT2D eigenvalue weighted by Crippen LogP contribution is 2.27. The zero-order chi connectivity index (χ0) is 32.2. The van der Waals surface area contributed by atoms with Crippen LogP contribution in [0, 0.1) is 0 Å². The third kappa shape index (κ3) is 9.54. The van der Waals surface area contributed by atoms with Crippen molar-refractivity contribution in [3.8, 4) is 0 Å². The molecule has 13 heteroatoms. The fourth-order valence-corrected chi connectivity index (χ4v) is 5.34.